The van der Waals surface area contributed by atoms with E-state index in [4.69, 9.17) is 0 Å². The third kappa shape index (κ3) is 1.23. The zero-order chi connectivity index (χ0) is 11.9. The summed E-state index contributed by atoms with van der Waals surface area (Å²) in [4.78, 5) is 0. The van der Waals surface area contributed by atoms with E-state index in [-0.39, 0.29) is 0 Å². The summed E-state index contributed by atoms with van der Waals surface area (Å²) in [6.07, 6.45) is 1.73. The fourth-order valence-corrected chi connectivity index (χ4v) is 2.54. The van der Waals surface area contributed by atoms with Gasteiger partial charge in [-0.25, -0.2) is 0 Å². The molecular weight excluding hydrogens is 220 g/mol. The molecule has 0 saturated heterocycles. The first kappa shape index (κ1) is 9.54. The van der Waals surface area contributed by atoms with Crippen molar-refractivity contribution in [2.24, 2.45) is 0 Å². The Morgan fingerprint density at radius 3 is 2.44 bits per heavy atom. The van der Waals surface area contributed by atoms with Gasteiger partial charge < -0.3 is 0 Å². The van der Waals surface area contributed by atoms with Gasteiger partial charge in [-0.3, -0.25) is 0 Å². The smallest absolute Gasteiger partial charge is 0.101 e. The number of fused-ring (bicyclic) bond motifs is 5. The van der Waals surface area contributed by atoms with Crippen molar-refractivity contribution in [3.8, 4) is 0 Å². The number of hydrogen-bond acceptors (Lipinski definition) is 2. The van der Waals surface area contributed by atoms with Gasteiger partial charge in [0, 0.05) is 10.8 Å². The summed E-state index contributed by atoms with van der Waals surface area (Å²) in [5.74, 6) is 0. The van der Waals surface area contributed by atoms with Crippen molar-refractivity contribution in [2.45, 2.75) is 0 Å². The molecule has 18 heavy (non-hydrogen) atoms. The number of rotatable bonds is 0. The van der Waals surface area contributed by atoms with E-state index in [1.165, 1.54) is 21.5 Å². The van der Waals surface area contributed by atoms with Crippen LogP contribution in [0.5, 0.6) is 0 Å². The highest BCUT2D eigenvalue weighted by Crippen LogP contribution is 2.29. The van der Waals surface area contributed by atoms with Crippen molar-refractivity contribution in [2.75, 3.05) is 0 Å². The fourth-order valence-electron chi connectivity index (χ4n) is 2.54. The summed E-state index contributed by atoms with van der Waals surface area (Å²) in [6, 6.07) is 19.0. The molecule has 1 aromatic heterocycles. The maximum Gasteiger partial charge on any atom is 0.101 e. The second-order valence-corrected chi connectivity index (χ2v) is 4.42. The van der Waals surface area contributed by atoms with Gasteiger partial charge in [0.05, 0.1) is 6.20 Å². The molecule has 4 rings (SSSR count). The van der Waals surface area contributed by atoms with Gasteiger partial charge in [-0.1, -0.05) is 48.5 Å². The molecule has 3 aromatic carbocycles. The van der Waals surface area contributed by atoms with Crippen LogP contribution >= 0.6 is 0 Å². The molecule has 2 nitrogen and oxygen atoms in total. The first-order valence-corrected chi connectivity index (χ1v) is 5.95. The van der Waals surface area contributed by atoms with Crippen LogP contribution in [0.4, 0.5) is 0 Å². The lowest BCUT2D eigenvalue weighted by molar-refractivity contribution is 1.08. The van der Waals surface area contributed by atoms with Crippen LogP contribution in [0.1, 0.15) is 0 Å². The van der Waals surface area contributed by atoms with E-state index in [1.54, 1.807) is 6.20 Å². The lowest BCUT2D eigenvalue weighted by Gasteiger charge is -2.05. The number of aromatic nitrogens is 2. The molecule has 0 atom stereocenters. The van der Waals surface area contributed by atoms with Crippen molar-refractivity contribution < 1.29 is 0 Å². The molecular formula is C16H10N2. The normalized spacial score (nSPS) is 11.3. The van der Waals surface area contributed by atoms with Gasteiger partial charge >= 0.3 is 0 Å². The molecule has 0 aliphatic carbocycles. The van der Waals surface area contributed by atoms with E-state index >= 15 is 0 Å². The average molecular weight is 230 g/mol. The van der Waals surface area contributed by atoms with E-state index in [9.17, 15) is 0 Å². The van der Waals surface area contributed by atoms with Gasteiger partial charge in [0.1, 0.15) is 5.52 Å². The highest BCUT2D eigenvalue weighted by Gasteiger charge is 2.04. The highest BCUT2D eigenvalue weighted by molar-refractivity contribution is 6.15. The zero-order valence-corrected chi connectivity index (χ0v) is 9.67. The van der Waals surface area contributed by atoms with Crippen LogP contribution in [0.15, 0.2) is 60.8 Å². The third-order valence-corrected chi connectivity index (χ3v) is 3.41. The van der Waals surface area contributed by atoms with E-state index in [2.05, 4.69) is 58.7 Å². The Morgan fingerprint density at radius 2 is 1.44 bits per heavy atom. The molecule has 0 radical (unpaired) electrons. The molecule has 0 fully saturated rings. The van der Waals surface area contributed by atoms with Crippen LogP contribution < -0.4 is 0 Å². The predicted octanol–water partition coefficient (Wildman–Crippen LogP) is 3.94. The van der Waals surface area contributed by atoms with Crippen molar-refractivity contribution in [1.29, 1.82) is 0 Å². The van der Waals surface area contributed by atoms with Gasteiger partial charge in [0.25, 0.3) is 0 Å². The largest absolute Gasteiger partial charge is 0.158 e. The fraction of sp³-hybridized carbons (Fsp3) is 0. The maximum absolute atomic E-state index is 4.27. The lowest BCUT2D eigenvalue weighted by Crippen LogP contribution is -1.85. The van der Waals surface area contributed by atoms with Gasteiger partial charge in [0.15, 0.2) is 0 Å². The second kappa shape index (κ2) is 3.50. The minimum Gasteiger partial charge on any atom is -0.158 e. The first-order chi connectivity index (χ1) is 8.93. The Hall–Kier alpha value is -2.48. The SMILES string of the molecule is c1ccc2c(c1)ccc1c2ccc2ccnnc21. The number of benzene rings is 3. The molecule has 2 heteroatoms. The maximum atomic E-state index is 4.27. The Morgan fingerprint density at radius 1 is 0.611 bits per heavy atom. The molecule has 0 unspecified atom stereocenters. The van der Waals surface area contributed by atoms with Gasteiger partial charge in [0.2, 0.25) is 0 Å². The molecule has 0 aliphatic rings. The second-order valence-electron chi connectivity index (χ2n) is 4.42. The van der Waals surface area contributed by atoms with Gasteiger partial charge in [-0.2, -0.15) is 5.10 Å². The highest BCUT2D eigenvalue weighted by atomic mass is 15.1. The molecule has 84 valence electrons. The van der Waals surface area contributed by atoms with Crippen LogP contribution in [0.25, 0.3) is 32.4 Å². The van der Waals surface area contributed by atoms with E-state index in [0.717, 1.165) is 10.9 Å². The molecule has 0 bridgehead atoms. The van der Waals surface area contributed by atoms with E-state index in [1.807, 2.05) is 6.07 Å². The monoisotopic (exact) mass is 230 g/mol. The standard InChI is InChI=1S/C16H10N2/c1-2-4-13-11(3-1)5-8-15-14(13)7-6-12-9-10-17-18-16(12)15/h1-10H. The summed E-state index contributed by atoms with van der Waals surface area (Å²) in [5.41, 5.74) is 0.973. The molecule has 0 spiro atoms. The number of nitrogens with zero attached hydrogens (tertiary/aromatic N) is 2. The van der Waals surface area contributed by atoms with Crippen LogP contribution in [-0.4, -0.2) is 10.2 Å². The molecule has 4 aromatic rings. The minimum atomic E-state index is 0.973. The summed E-state index contributed by atoms with van der Waals surface area (Å²) >= 11 is 0. The summed E-state index contributed by atoms with van der Waals surface area (Å²) in [7, 11) is 0. The van der Waals surface area contributed by atoms with Crippen molar-refractivity contribution in [3.63, 3.8) is 0 Å². The van der Waals surface area contributed by atoms with Gasteiger partial charge in [-0.15, -0.1) is 5.10 Å². The number of hydrogen-bond donors (Lipinski definition) is 0. The van der Waals surface area contributed by atoms with Crippen LogP contribution in [0, 0.1) is 0 Å². The summed E-state index contributed by atoms with van der Waals surface area (Å²) < 4.78 is 0. The zero-order valence-electron chi connectivity index (χ0n) is 9.67. The minimum absolute atomic E-state index is 0.973. The quantitative estimate of drug-likeness (QED) is 0.428. The van der Waals surface area contributed by atoms with Crippen LogP contribution in [-0.2, 0) is 0 Å². The third-order valence-electron chi connectivity index (χ3n) is 3.41. The Labute approximate surface area is 104 Å². The molecule has 0 N–H and O–H groups in total. The van der Waals surface area contributed by atoms with Crippen molar-refractivity contribution >= 4 is 32.4 Å². The molecule has 1 heterocycles. The Bertz CT molecular complexity index is 806. The average Bonchev–Trinajstić information content (AvgIpc) is 2.46. The summed E-state index contributed by atoms with van der Waals surface area (Å²) in [6.45, 7) is 0. The van der Waals surface area contributed by atoms with E-state index < -0.39 is 0 Å². The molecule has 0 saturated carbocycles. The Kier molecular flexibility index (Phi) is 1.86. The van der Waals surface area contributed by atoms with Crippen LogP contribution in [0.3, 0.4) is 0 Å². The first-order valence-electron chi connectivity index (χ1n) is 5.95. The van der Waals surface area contributed by atoms with Gasteiger partial charge in [-0.05, 0) is 22.2 Å². The molecule has 0 amide bonds. The Balaban J connectivity index is 2.31. The topological polar surface area (TPSA) is 25.8 Å². The summed E-state index contributed by atoms with van der Waals surface area (Å²) in [5, 5.41) is 14.3. The lowest BCUT2D eigenvalue weighted by atomic mass is 10.00. The van der Waals surface area contributed by atoms with E-state index in [0.29, 0.717) is 0 Å². The van der Waals surface area contributed by atoms with Crippen molar-refractivity contribution in [3.05, 3.63) is 60.8 Å². The molecule has 0 aliphatic heterocycles. The van der Waals surface area contributed by atoms with Crippen molar-refractivity contribution in [1.82, 2.24) is 10.2 Å². The predicted molar refractivity (Wildman–Crippen MR) is 74.6 cm³/mol. The van der Waals surface area contributed by atoms with Crippen LogP contribution in [0.2, 0.25) is 0 Å².